The average Bonchev–Trinajstić information content (AvgIpc) is 2.87. The standard InChI is InChI=1S/C22H21F4N3O2.C5H9NO2/c1-2-3-10-28(13-16-4-7-18(8-5-16)22(24,25)26)21(31)14-29(15-30)20-9-6-17(12-27)11-19(20)23;1-4(7)6-5-2-8-3-5/h4-9,11,15H,2-3,10,13-14H2,1H3;5H,2-3H2,1H3,(H,6,7). The maximum atomic E-state index is 14.2. The van der Waals surface area contributed by atoms with Gasteiger partial charge in [-0.25, -0.2) is 4.39 Å². The van der Waals surface area contributed by atoms with E-state index in [4.69, 9.17) is 10.00 Å². The van der Waals surface area contributed by atoms with Crippen molar-refractivity contribution in [3.05, 3.63) is 65.0 Å². The monoisotopic (exact) mass is 550 g/mol. The molecule has 3 amide bonds. The number of carbonyl (C=O) groups is 3. The van der Waals surface area contributed by atoms with E-state index in [1.54, 1.807) is 6.07 Å². The second kappa shape index (κ2) is 14.8. The molecule has 3 rings (SSSR count). The summed E-state index contributed by atoms with van der Waals surface area (Å²) in [5.74, 6) is -1.27. The van der Waals surface area contributed by atoms with Crippen LogP contribution in [0.5, 0.6) is 0 Å². The molecular formula is C27H30F4N4O4. The zero-order valence-electron chi connectivity index (χ0n) is 21.6. The highest BCUT2D eigenvalue weighted by molar-refractivity contribution is 5.89. The molecule has 210 valence electrons. The van der Waals surface area contributed by atoms with E-state index in [1.807, 2.05) is 6.92 Å². The Hall–Kier alpha value is -3.98. The number of rotatable bonds is 10. The van der Waals surface area contributed by atoms with Gasteiger partial charge in [-0.2, -0.15) is 18.4 Å². The quantitative estimate of drug-likeness (QED) is 0.356. The van der Waals surface area contributed by atoms with E-state index in [0.29, 0.717) is 38.2 Å². The van der Waals surface area contributed by atoms with Crippen LogP contribution in [0.2, 0.25) is 0 Å². The number of nitriles is 1. The van der Waals surface area contributed by atoms with E-state index in [9.17, 15) is 31.9 Å². The average molecular weight is 551 g/mol. The Morgan fingerprint density at radius 3 is 2.28 bits per heavy atom. The smallest absolute Gasteiger partial charge is 0.377 e. The van der Waals surface area contributed by atoms with Crippen molar-refractivity contribution in [3.8, 4) is 6.07 Å². The van der Waals surface area contributed by atoms with Gasteiger partial charge in [-0.3, -0.25) is 14.4 Å². The van der Waals surface area contributed by atoms with Gasteiger partial charge in [-0.15, -0.1) is 0 Å². The fraction of sp³-hybridized carbons (Fsp3) is 0.407. The molecule has 8 nitrogen and oxygen atoms in total. The summed E-state index contributed by atoms with van der Waals surface area (Å²) in [5, 5.41) is 11.5. The fourth-order valence-corrected chi connectivity index (χ4v) is 3.50. The number of amides is 3. The largest absolute Gasteiger partial charge is 0.416 e. The van der Waals surface area contributed by atoms with Gasteiger partial charge in [0, 0.05) is 20.0 Å². The highest BCUT2D eigenvalue weighted by Gasteiger charge is 2.30. The summed E-state index contributed by atoms with van der Waals surface area (Å²) in [6.45, 7) is 4.73. The summed E-state index contributed by atoms with van der Waals surface area (Å²) in [6.07, 6.45) is -2.71. The lowest BCUT2D eigenvalue weighted by atomic mass is 10.1. The van der Waals surface area contributed by atoms with Gasteiger partial charge >= 0.3 is 6.18 Å². The Balaban J connectivity index is 0.000000568. The summed E-state index contributed by atoms with van der Waals surface area (Å²) in [6, 6.07) is 10.1. The van der Waals surface area contributed by atoms with Gasteiger partial charge < -0.3 is 19.9 Å². The molecule has 0 radical (unpaired) electrons. The third-order valence-electron chi connectivity index (χ3n) is 5.65. The Morgan fingerprint density at radius 2 is 1.85 bits per heavy atom. The van der Waals surface area contributed by atoms with Crippen LogP contribution in [0.4, 0.5) is 23.2 Å². The van der Waals surface area contributed by atoms with Crippen LogP contribution >= 0.6 is 0 Å². The number of anilines is 1. The van der Waals surface area contributed by atoms with Crippen LogP contribution in [-0.4, -0.2) is 55.5 Å². The molecule has 1 heterocycles. The van der Waals surface area contributed by atoms with Crippen LogP contribution in [-0.2, 0) is 31.8 Å². The molecule has 1 saturated heterocycles. The van der Waals surface area contributed by atoms with Crippen molar-refractivity contribution < 1.29 is 36.7 Å². The summed E-state index contributed by atoms with van der Waals surface area (Å²) < 4.78 is 57.3. The Kier molecular flexibility index (Phi) is 11.9. The number of ether oxygens (including phenoxy) is 1. The molecule has 1 N–H and O–H groups in total. The Morgan fingerprint density at radius 1 is 1.18 bits per heavy atom. The molecule has 0 atom stereocenters. The van der Waals surface area contributed by atoms with E-state index < -0.39 is 30.0 Å². The first-order valence-corrected chi connectivity index (χ1v) is 12.2. The molecule has 12 heteroatoms. The number of halogens is 4. The molecule has 0 aromatic heterocycles. The summed E-state index contributed by atoms with van der Waals surface area (Å²) in [5.41, 5.74) is -0.358. The number of alkyl halides is 3. The van der Waals surface area contributed by atoms with Crippen molar-refractivity contribution in [3.63, 3.8) is 0 Å². The van der Waals surface area contributed by atoms with Crippen molar-refractivity contribution in [2.75, 3.05) is 31.2 Å². The summed E-state index contributed by atoms with van der Waals surface area (Å²) >= 11 is 0. The number of unbranched alkanes of at least 4 members (excludes halogenated alkanes) is 1. The van der Waals surface area contributed by atoms with Crippen molar-refractivity contribution in [2.24, 2.45) is 0 Å². The van der Waals surface area contributed by atoms with Crippen LogP contribution in [0.3, 0.4) is 0 Å². The molecule has 0 saturated carbocycles. The van der Waals surface area contributed by atoms with Gasteiger partial charge in [-0.05, 0) is 42.3 Å². The number of benzene rings is 2. The molecule has 1 aliphatic heterocycles. The Labute approximate surface area is 224 Å². The minimum absolute atomic E-state index is 0.0262. The van der Waals surface area contributed by atoms with E-state index in [1.165, 1.54) is 36.1 Å². The first-order chi connectivity index (χ1) is 18.5. The number of nitrogens with one attached hydrogen (secondary N) is 1. The van der Waals surface area contributed by atoms with Crippen molar-refractivity contribution in [2.45, 2.75) is 45.5 Å². The van der Waals surface area contributed by atoms with E-state index in [2.05, 4.69) is 5.32 Å². The lowest BCUT2D eigenvalue weighted by molar-refractivity contribution is -0.137. The highest BCUT2D eigenvalue weighted by atomic mass is 19.4. The van der Waals surface area contributed by atoms with Crippen LogP contribution in [0.1, 0.15) is 43.4 Å². The lowest BCUT2D eigenvalue weighted by Crippen LogP contribution is -2.47. The van der Waals surface area contributed by atoms with E-state index >= 15 is 0 Å². The number of carbonyl (C=O) groups excluding carboxylic acids is 3. The first-order valence-electron chi connectivity index (χ1n) is 12.2. The minimum Gasteiger partial charge on any atom is -0.377 e. The van der Waals surface area contributed by atoms with Crippen molar-refractivity contribution in [1.29, 1.82) is 5.26 Å². The zero-order chi connectivity index (χ0) is 29.0. The molecule has 0 bridgehead atoms. The Bertz CT molecular complexity index is 1160. The van der Waals surface area contributed by atoms with Crippen LogP contribution in [0.25, 0.3) is 0 Å². The molecule has 0 aliphatic carbocycles. The molecule has 0 unspecified atom stereocenters. The number of hydrogen-bond acceptors (Lipinski definition) is 5. The first kappa shape index (κ1) is 31.2. The van der Waals surface area contributed by atoms with Gasteiger partial charge in [0.05, 0.1) is 42.1 Å². The normalized spacial score (nSPS) is 12.7. The third kappa shape index (κ3) is 10.0. The van der Waals surface area contributed by atoms with Gasteiger partial charge in [0.2, 0.25) is 18.2 Å². The van der Waals surface area contributed by atoms with Gasteiger partial charge in [0.25, 0.3) is 0 Å². The van der Waals surface area contributed by atoms with Crippen LogP contribution in [0.15, 0.2) is 42.5 Å². The van der Waals surface area contributed by atoms with Crippen LogP contribution < -0.4 is 10.2 Å². The fourth-order valence-electron chi connectivity index (χ4n) is 3.50. The molecular weight excluding hydrogens is 520 g/mol. The van der Waals surface area contributed by atoms with Crippen molar-refractivity contribution >= 4 is 23.9 Å². The molecule has 2 aromatic carbocycles. The van der Waals surface area contributed by atoms with Crippen LogP contribution in [0, 0.1) is 17.1 Å². The maximum Gasteiger partial charge on any atom is 0.416 e. The maximum absolute atomic E-state index is 14.2. The zero-order valence-corrected chi connectivity index (χ0v) is 21.6. The summed E-state index contributed by atoms with van der Waals surface area (Å²) in [4.78, 5) is 36.9. The molecule has 0 spiro atoms. The van der Waals surface area contributed by atoms with Crippen molar-refractivity contribution in [1.82, 2.24) is 10.2 Å². The predicted molar refractivity (Wildman–Crippen MR) is 135 cm³/mol. The van der Waals surface area contributed by atoms with E-state index in [0.717, 1.165) is 29.5 Å². The number of hydrogen-bond donors (Lipinski definition) is 1. The third-order valence-corrected chi connectivity index (χ3v) is 5.65. The van der Waals surface area contributed by atoms with Gasteiger partial charge in [0.1, 0.15) is 12.4 Å². The second-order valence-corrected chi connectivity index (χ2v) is 8.81. The number of nitrogens with zero attached hydrogens (tertiary/aromatic N) is 3. The predicted octanol–water partition coefficient (Wildman–Crippen LogP) is 4.03. The highest BCUT2D eigenvalue weighted by Crippen LogP contribution is 2.29. The second-order valence-electron chi connectivity index (χ2n) is 8.81. The van der Waals surface area contributed by atoms with Gasteiger partial charge in [-0.1, -0.05) is 25.5 Å². The molecule has 1 aliphatic rings. The topological polar surface area (TPSA) is 103 Å². The van der Waals surface area contributed by atoms with Gasteiger partial charge in [0.15, 0.2) is 0 Å². The summed E-state index contributed by atoms with van der Waals surface area (Å²) in [7, 11) is 0. The molecule has 1 fully saturated rings. The molecule has 39 heavy (non-hydrogen) atoms. The molecule has 2 aromatic rings. The minimum atomic E-state index is -4.45. The lowest BCUT2D eigenvalue weighted by Gasteiger charge is -2.26. The SMILES string of the molecule is CC(=O)NC1COC1.CCCCN(Cc1ccc(C(F)(F)F)cc1)C(=O)CN(C=O)c1ccc(C#N)cc1F. The van der Waals surface area contributed by atoms with E-state index in [-0.39, 0.29) is 29.7 Å².